The van der Waals surface area contributed by atoms with E-state index in [1.807, 2.05) is 32.0 Å². The molecule has 4 heteroatoms. The molecule has 2 aromatic rings. The Hall–Kier alpha value is -2.33. The Morgan fingerprint density at radius 1 is 1.14 bits per heavy atom. The lowest BCUT2D eigenvalue weighted by atomic mass is 10.0. The minimum absolute atomic E-state index is 0.142. The summed E-state index contributed by atoms with van der Waals surface area (Å²) >= 11 is 0. The molecule has 0 aliphatic rings. The summed E-state index contributed by atoms with van der Waals surface area (Å²) in [6.07, 6.45) is 0. The molecule has 0 bridgehead atoms. The fraction of sp³-hybridized carbons (Fsp3) is 0.235. The first-order chi connectivity index (χ1) is 10.0. The largest absolute Gasteiger partial charge is 0.488 e. The van der Waals surface area contributed by atoms with Gasteiger partial charge in [0.1, 0.15) is 12.4 Å². The normalized spacial score (nSPS) is 10.4. The maximum Gasteiger partial charge on any atom is 0.335 e. The first-order valence-corrected chi connectivity index (χ1v) is 6.68. The molecule has 0 aromatic heterocycles. The van der Waals surface area contributed by atoms with Gasteiger partial charge in [0.2, 0.25) is 0 Å². The third kappa shape index (κ3) is 3.41. The van der Waals surface area contributed by atoms with E-state index >= 15 is 0 Å². The molecule has 0 aliphatic heterocycles. The minimum Gasteiger partial charge on any atom is -0.488 e. The number of benzene rings is 2. The molecular weight excluding hydrogens is 268 g/mol. The first kappa shape index (κ1) is 15.1. The van der Waals surface area contributed by atoms with E-state index < -0.39 is 5.97 Å². The molecule has 0 saturated carbocycles. The first-order valence-electron chi connectivity index (χ1n) is 6.68. The fourth-order valence-corrected chi connectivity index (χ4v) is 2.18. The lowest BCUT2D eigenvalue weighted by molar-refractivity contribution is 0.0696. The van der Waals surface area contributed by atoms with Gasteiger partial charge >= 0.3 is 5.97 Å². The van der Waals surface area contributed by atoms with Crippen LogP contribution in [0.4, 0.5) is 0 Å². The van der Waals surface area contributed by atoms with Crippen molar-refractivity contribution in [3.8, 4) is 5.75 Å². The van der Waals surface area contributed by atoms with Crippen LogP contribution < -0.4 is 4.74 Å². The summed E-state index contributed by atoms with van der Waals surface area (Å²) < 4.78 is 5.74. The Labute approximate surface area is 123 Å². The number of aryl methyl sites for hydroxylation is 2. The molecule has 0 heterocycles. The monoisotopic (exact) mass is 286 g/mol. The van der Waals surface area contributed by atoms with E-state index in [9.17, 15) is 9.90 Å². The lowest BCUT2D eigenvalue weighted by Crippen LogP contribution is -2.04. The zero-order valence-electron chi connectivity index (χ0n) is 12.1. The van der Waals surface area contributed by atoms with Crippen molar-refractivity contribution >= 4 is 5.97 Å². The Balaban J connectivity index is 2.26. The standard InChI is InChI=1S/C17H18O4/c1-11-4-3-5-12(2)15(11)10-21-16-8-13(17(19)20)6-7-14(16)9-18/h3-8,18H,9-10H2,1-2H3,(H,19,20). The molecule has 4 nitrogen and oxygen atoms in total. The van der Waals surface area contributed by atoms with E-state index in [0.29, 0.717) is 17.9 Å². The molecule has 2 aromatic carbocycles. The highest BCUT2D eigenvalue weighted by Crippen LogP contribution is 2.23. The van der Waals surface area contributed by atoms with E-state index in [4.69, 9.17) is 9.84 Å². The van der Waals surface area contributed by atoms with Gasteiger partial charge in [-0.2, -0.15) is 0 Å². The Bertz CT molecular complexity index is 642. The van der Waals surface area contributed by atoms with Gasteiger partial charge in [-0.05, 0) is 42.7 Å². The predicted molar refractivity (Wildman–Crippen MR) is 79.6 cm³/mol. The van der Waals surface area contributed by atoms with Crippen LogP contribution >= 0.6 is 0 Å². The van der Waals surface area contributed by atoms with Gasteiger partial charge in [-0.1, -0.05) is 24.3 Å². The third-order valence-corrected chi connectivity index (χ3v) is 3.50. The lowest BCUT2D eigenvalue weighted by Gasteiger charge is -2.14. The number of hydrogen-bond acceptors (Lipinski definition) is 3. The maximum absolute atomic E-state index is 11.0. The average molecular weight is 286 g/mol. The van der Waals surface area contributed by atoms with Crippen LogP contribution in [0.1, 0.15) is 32.6 Å². The summed E-state index contributed by atoms with van der Waals surface area (Å²) in [5, 5.41) is 18.4. The summed E-state index contributed by atoms with van der Waals surface area (Å²) in [7, 11) is 0. The van der Waals surface area contributed by atoms with Crippen LogP contribution in [-0.2, 0) is 13.2 Å². The second-order valence-corrected chi connectivity index (χ2v) is 4.94. The van der Waals surface area contributed by atoms with E-state index in [1.165, 1.54) is 12.1 Å². The summed E-state index contributed by atoms with van der Waals surface area (Å²) in [5.74, 6) is -0.614. The van der Waals surface area contributed by atoms with Crippen LogP contribution in [0.15, 0.2) is 36.4 Å². The molecule has 0 radical (unpaired) electrons. The molecule has 0 fully saturated rings. The van der Waals surface area contributed by atoms with Gasteiger partial charge in [-0.25, -0.2) is 4.79 Å². The van der Waals surface area contributed by atoms with Crippen molar-refractivity contribution in [1.82, 2.24) is 0 Å². The number of ether oxygens (including phenoxy) is 1. The summed E-state index contributed by atoms with van der Waals surface area (Å²) in [5.41, 5.74) is 4.03. The van der Waals surface area contributed by atoms with Gasteiger partial charge in [0, 0.05) is 5.56 Å². The smallest absolute Gasteiger partial charge is 0.335 e. The number of aromatic carboxylic acids is 1. The molecule has 0 spiro atoms. The Morgan fingerprint density at radius 2 is 1.81 bits per heavy atom. The van der Waals surface area contributed by atoms with Crippen molar-refractivity contribution in [2.24, 2.45) is 0 Å². The van der Waals surface area contributed by atoms with Crippen LogP contribution in [-0.4, -0.2) is 16.2 Å². The third-order valence-electron chi connectivity index (χ3n) is 3.50. The number of rotatable bonds is 5. The topological polar surface area (TPSA) is 66.8 Å². The van der Waals surface area contributed by atoms with Crippen LogP contribution in [0.25, 0.3) is 0 Å². The number of aliphatic hydroxyl groups is 1. The van der Waals surface area contributed by atoms with E-state index in [0.717, 1.165) is 16.7 Å². The van der Waals surface area contributed by atoms with Gasteiger partial charge in [-0.15, -0.1) is 0 Å². The predicted octanol–water partition coefficient (Wildman–Crippen LogP) is 3.07. The van der Waals surface area contributed by atoms with E-state index in [-0.39, 0.29) is 12.2 Å². The van der Waals surface area contributed by atoms with Crippen molar-refractivity contribution in [1.29, 1.82) is 0 Å². The van der Waals surface area contributed by atoms with Crippen LogP contribution in [0, 0.1) is 13.8 Å². The van der Waals surface area contributed by atoms with Crippen molar-refractivity contribution in [2.75, 3.05) is 0 Å². The van der Waals surface area contributed by atoms with Crippen molar-refractivity contribution < 1.29 is 19.7 Å². The molecular formula is C17H18O4. The zero-order valence-corrected chi connectivity index (χ0v) is 12.1. The number of carbonyl (C=O) groups is 1. The number of carboxylic acids is 1. The van der Waals surface area contributed by atoms with E-state index in [1.54, 1.807) is 6.07 Å². The van der Waals surface area contributed by atoms with Crippen LogP contribution in [0.2, 0.25) is 0 Å². The van der Waals surface area contributed by atoms with Crippen molar-refractivity contribution in [2.45, 2.75) is 27.1 Å². The minimum atomic E-state index is -1.02. The molecule has 0 saturated heterocycles. The summed E-state index contributed by atoms with van der Waals surface area (Å²) in [6.45, 7) is 4.16. The second kappa shape index (κ2) is 6.41. The molecule has 2 N–H and O–H groups in total. The van der Waals surface area contributed by atoms with Gasteiger partial charge in [0.05, 0.1) is 12.2 Å². The quantitative estimate of drug-likeness (QED) is 0.886. The van der Waals surface area contributed by atoms with Crippen LogP contribution in [0.5, 0.6) is 5.75 Å². The van der Waals surface area contributed by atoms with Crippen molar-refractivity contribution in [3.63, 3.8) is 0 Å². The molecule has 0 unspecified atom stereocenters. The number of hydrogen-bond donors (Lipinski definition) is 2. The van der Waals surface area contributed by atoms with Gasteiger partial charge in [0.25, 0.3) is 0 Å². The fourth-order valence-electron chi connectivity index (χ4n) is 2.18. The maximum atomic E-state index is 11.0. The Kier molecular flexibility index (Phi) is 4.60. The second-order valence-electron chi connectivity index (χ2n) is 4.94. The van der Waals surface area contributed by atoms with Crippen LogP contribution in [0.3, 0.4) is 0 Å². The van der Waals surface area contributed by atoms with Crippen molar-refractivity contribution in [3.05, 3.63) is 64.2 Å². The van der Waals surface area contributed by atoms with Gasteiger partial charge in [-0.3, -0.25) is 0 Å². The molecule has 2 rings (SSSR count). The number of aliphatic hydroxyl groups excluding tert-OH is 1. The van der Waals surface area contributed by atoms with Gasteiger partial charge < -0.3 is 14.9 Å². The molecule has 110 valence electrons. The SMILES string of the molecule is Cc1cccc(C)c1COc1cc(C(=O)O)ccc1CO. The molecule has 0 aliphatic carbocycles. The average Bonchev–Trinajstić information content (AvgIpc) is 2.46. The highest BCUT2D eigenvalue weighted by molar-refractivity contribution is 5.88. The Morgan fingerprint density at radius 3 is 2.38 bits per heavy atom. The van der Waals surface area contributed by atoms with E-state index in [2.05, 4.69) is 0 Å². The molecule has 21 heavy (non-hydrogen) atoms. The summed E-state index contributed by atoms with van der Waals surface area (Å²) in [4.78, 5) is 11.0. The summed E-state index contributed by atoms with van der Waals surface area (Å²) in [6, 6.07) is 10.5. The highest BCUT2D eigenvalue weighted by atomic mass is 16.5. The molecule has 0 atom stereocenters. The van der Waals surface area contributed by atoms with Gasteiger partial charge in [0.15, 0.2) is 0 Å². The highest BCUT2D eigenvalue weighted by Gasteiger charge is 2.10. The molecule has 0 amide bonds. The zero-order chi connectivity index (χ0) is 15.4. The number of carboxylic acid groups (broad SMARTS) is 1.